The summed E-state index contributed by atoms with van der Waals surface area (Å²) >= 11 is 0. The van der Waals surface area contributed by atoms with Crippen LogP contribution in [-0.4, -0.2) is 28.7 Å². The Hall–Kier alpha value is -2.50. The Bertz CT molecular complexity index is 691. The Morgan fingerprint density at radius 3 is 2.64 bits per heavy atom. The molecule has 0 aliphatic carbocycles. The van der Waals surface area contributed by atoms with Gasteiger partial charge in [0.1, 0.15) is 12.2 Å². The summed E-state index contributed by atoms with van der Waals surface area (Å²) in [6.45, 7) is 5.69. The van der Waals surface area contributed by atoms with Gasteiger partial charge in [0.2, 0.25) is 0 Å². The SMILES string of the molecule is CC(C)(C)OC(=O)NC1=C2CCC(C1)N2C(=O)OCc1ccccc1. The van der Waals surface area contributed by atoms with Crippen LogP contribution in [0.25, 0.3) is 0 Å². The second-order valence-electron chi connectivity index (χ2n) is 7.36. The number of allylic oxidation sites excluding steroid dienone is 1. The fourth-order valence-corrected chi connectivity index (χ4v) is 3.21. The first-order chi connectivity index (χ1) is 11.8. The van der Waals surface area contributed by atoms with E-state index in [4.69, 9.17) is 9.47 Å². The quantitative estimate of drug-likeness (QED) is 0.902. The Kier molecular flexibility index (Phi) is 4.70. The summed E-state index contributed by atoms with van der Waals surface area (Å²) < 4.78 is 10.7. The maximum atomic E-state index is 12.5. The molecule has 1 fully saturated rings. The maximum absolute atomic E-state index is 12.5. The number of carbonyl (C=O) groups excluding carboxylic acids is 2. The predicted molar refractivity (Wildman–Crippen MR) is 92.5 cm³/mol. The molecule has 2 bridgehead atoms. The lowest BCUT2D eigenvalue weighted by Gasteiger charge is -2.20. The van der Waals surface area contributed by atoms with Crippen molar-refractivity contribution in [2.45, 2.75) is 58.3 Å². The monoisotopic (exact) mass is 344 g/mol. The van der Waals surface area contributed by atoms with Crippen LogP contribution >= 0.6 is 0 Å². The molecule has 0 spiro atoms. The van der Waals surface area contributed by atoms with Gasteiger partial charge in [-0.2, -0.15) is 0 Å². The summed E-state index contributed by atoms with van der Waals surface area (Å²) in [4.78, 5) is 26.1. The summed E-state index contributed by atoms with van der Waals surface area (Å²) in [5, 5.41) is 2.79. The zero-order valence-corrected chi connectivity index (χ0v) is 14.9. The van der Waals surface area contributed by atoms with Crippen LogP contribution in [0.15, 0.2) is 41.7 Å². The fraction of sp³-hybridized carbons (Fsp3) is 0.474. The summed E-state index contributed by atoms with van der Waals surface area (Å²) in [6.07, 6.45) is 1.45. The molecular formula is C19H24N2O4. The van der Waals surface area contributed by atoms with Crippen molar-refractivity contribution in [3.05, 3.63) is 47.3 Å². The normalized spacial score (nSPS) is 19.2. The van der Waals surface area contributed by atoms with Crippen LogP contribution in [0.5, 0.6) is 0 Å². The number of nitrogens with one attached hydrogen (secondary N) is 1. The van der Waals surface area contributed by atoms with Crippen LogP contribution in [-0.2, 0) is 16.1 Å². The molecule has 2 aliphatic heterocycles. The third kappa shape index (κ3) is 4.13. The van der Waals surface area contributed by atoms with E-state index in [1.165, 1.54) is 0 Å². The molecule has 2 aliphatic rings. The summed E-state index contributed by atoms with van der Waals surface area (Å²) in [6, 6.07) is 9.64. The molecule has 2 heterocycles. The Labute approximate surface area is 147 Å². The zero-order valence-electron chi connectivity index (χ0n) is 14.9. The number of amides is 2. The lowest BCUT2D eigenvalue weighted by atomic mass is 10.0. The van der Waals surface area contributed by atoms with Gasteiger partial charge in [-0.1, -0.05) is 30.3 Å². The Balaban J connectivity index is 1.62. The van der Waals surface area contributed by atoms with E-state index in [1.807, 2.05) is 51.1 Å². The molecule has 1 saturated heterocycles. The van der Waals surface area contributed by atoms with Crippen molar-refractivity contribution in [2.75, 3.05) is 0 Å². The first kappa shape index (κ1) is 17.3. The van der Waals surface area contributed by atoms with Gasteiger partial charge in [0, 0.05) is 23.9 Å². The van der Waals surface area contributed by atoms with E-state index in [0.717, 1.165) is 29.8 Å². The highest BCUT2D eigenvalue weighted by Crippen LogP contribution is 2.40. The van der Waals surface area contributed by atoms with Gasteiger partial charge in [-0.3, -0.25) is 10.2 Å². The van der Waals surface area contributed by atoms with Gasteiger partial charge < -0.3 is 9.47 Å². The van der Waals surface area contributed by atoms with Crippen molar-refractivity contribution in [3.8, 4) is 0 Å². The number of nitrogens with zero attached hydrogens (tertiary/aromatic N) is 1. The molecule has 134 valence electrons. The minimum absolute atomic E-state index is 0.0585. The van der Waals surface area contributed by atoms with E-state index in [-0.39, 0.29) is 18.7 Å². The van der Waals surface area contributed by atoms with E-state index < -0.39 is 11.7 Å². The van der Waals surface area contributed by atoms with Gasteiger partial charge in [0.25, 0.3) is 0 Å². The average Bonchev–Trinajstić information content (AvgIpc) is 3.09. The zero-order chi connectivity index (χ0) is 18.0. The summed E-state index contributed by atoms with van der Waals surface area (Å²) in [5.74, 6) is 0. The van der Waals surface area contributed by atoms with Crippen molar-refractivity contribution in [1.82, 2.24) is 10.2 Å². The number of alkyl carbamates (subject to hydrolysis) is 1. The van der Waals surface area contributed by atoms with Crippen molar-refractivity contribution in [1.29, 1.82) is 0 Å². The number of benzene rings is 1. The molecule has 0 aromatic heterocycles. The van der Waals surface area contributed by atoms with Gasteiger partial charge in [-0.25, -0.2) is 9.59 Å². The van der Waals surface area contributed by atoms with E-state index in [9.17, 15) is 9.59 Å². The van der Waals surface area contributed by atoms with E-state index >= 15 is 0 Å². The van der Waals surface area contributed by atoms with Gasteiger partial charge in [-0.15, -0.1) is 0 Å². The van der Waals surface area contributed by atoms with Crippen LogP contribution < -0.4 is 5.32 Å². The van der Waals surface area contributed by atoms with Crippen molar-refractivity contribution in [3.63, 3.8) is 0 Å². The van der Waals surface area contributed by atoms with E-state index in [2.05, 4.69) is 5.32 Å². The second kappa shape index (κ2) is 6.78. The summed E-state index contributed by atoms with van der Waals surface area (Å²) in [7, 11) is 0. The molecule has 0 radical (unpaired) electrons. The van der Waals surface area contributed by atoms with Crippen LogP contribution in [0.1, 0.15) is 45.6 Å². The van der Waals surface area contributed by atoms with E-state index in [1.54, 1.807) is 4.90 Å². The molecule has 1 aromatic carbocycles. The van der Waals surface area contributed by atoms with Crippen LogP contribution in [0.4, 0.5) is 9.59 Å². The fourth-order valence-electron chi connectivity index (χ4n) is 3.21. The number of fused-ring (bicyclic) bond motifs is 2. The molecule has 1 N–H and O–H groups in total. The first-order valence-electron chi connectivity index (χ1n) is 8.55. The predicted octanol–water partition coefficient (Wildman–Crippen LogP) is 3.93. The highest BCUT2D eigenvalue weighted by molar-refractivity contribution is 5.75. The molecule has 25 heavy (non-hydrogen) atoms. The average molecular weight is 344 g/mol. The lowest BCUT2D eigenvalue weighted by Crippen LogP contribution is -2.32. The minimum atomic E-state index is -0.554. The Morgan fingerprint density at radius 2 is 1.96 bits per heavy atom. The number of rotatable bonds is 3. The molecular weight excluding hydrogens is 320 g/mol. The molecule has 1 atom stereocenters. The van der Waals surface area contributed by atoms with E-state index in [0.29, 0.717) is 6.42 Å². The van der Waals surface area contributed by atoms with Crippen molar-refractivity contribution in [2.24, 2.45) is 0 Å². The molecule has 2 amide bonds. The number of ether oxygens (including phenoxy) is 2. The minimum Gasteiger partial charge on any atom is -0.444 e. The Morgan fingerprint density at radius 1 is 1.24 bits per heavy atom. The highest BCUT2D eigenvalue weighted by Gasteiger charge is 2.42. The maximum Gasteiger partial charge on any atom is 0.414 e. The molecule has 3 rings (SSSR count). The second-order valence-corrected chi connectivity index (χ2v) is 7.36. The number of hydrogen-bond donors (Lipinski definition) is 1. The molecule has 6 heteroatoms. The molecule has 1 aromatic rings. The van der Waals surface area contributed by atoms with Crippen molar-refractivity contribution >= 4 is 12.2 Å². The topological polar surface area (TPSA) is 67.9 Å². The molecule has 0 saturated carbocycles. The van der Waals surface area contributed by atoms with Crippen LogP contribution in [0.3, 0.4) is 0 Å². The van der Waals surface area contributed by atoms with Gasteiger partial charge in [0.15, 0.2) is 0 Å². The van der Waals surface area contributed by atoms with Gasteiger partial charge >= 0.3 is 12.2 Å². The van der Waals surface area contributed by atoms with Gasteiger partial charge in [0.05, 0.1) is 0 Å². The largest absolute Gasteiger partial charge is 0.444 e. The molecule has 1 unspecified atom stereocenters. The molecule has 6 nitrogen and oxygen atoms in total. The highest BCUT2D eigenvalue weighted by atomic mass is 16.6. The van der Waals surface area contributed by atoms with Crippen LogP contribution in [0, 0.1) is 0 Å². The van der Waals surface area contributed by atoms with Gasteiger partial charge in [-0.05, 0) is 39.2 Å². The standard InChI is InChI=1S/C19H24N2O4/c1-19(2,3)25-17(22)20-15-11-14-9-10-16(15)21(14)18(23)24-12-13-7-5-4-6-8-13/h4-8,14H,9-12H2,1-3H3,(H,20,22). The third-order valence-corrected chi connectivity index (χ3v) is 4.21. The van der Waals surface area contributed by atoms with Crippen LogP contribution in [0.2, 0.25) is 0 Å². The lowest BCUT2D eigenvalue weighted by molar-refractivity contribution is 0.0543. The number of carbonyl (C=O) groups is 2. The third-order valence-electron chi connectivity index (χ3n) is 4.21. The van der Waals surface area contributed by atoms with Crippen molar-refractivity contribution < 1.29 is 19.1 Å². The summed E-state index contributed by atoms with van der Waals surface area (Å²) in [5.41, 5.74) is 2.00. The first-order valence-corrected chi connectivity index (χ1v) is 8.55. The number of hydrogen-bond acceptors (Lipinski definition) is 4. The smallest absolute Gasteiger partial charge is 0.414 e.